The van der Waals surface area contributed by atoms with E-state index < -0.39 is 6.04 Å². The molecule has 2 aliphatic rings. The molecule has 1 atom stereocenters. The Bertz CT molecular complexity index is 1200. The number of allylic oxidation sites excluding steroid dienone is 1. The van der Waals surface area contributed by atoms with E-state index in [1.54, 1.807) is 23.3 Å². The topological polar surface area (TPSA) is 58.6 Å². The molecule has 5 nitrogen and oxygen atoms in total. The van der Waals surface area contributed by atoms with Gasteiger partial charge in [-0.05, 0) is 42.5 Å². The summed E-state index contributed by atoms with van der Waals surface area (Å²) in [5, 5.41) is 5.48. The molecule has 3 aromatic rings. The zero-order chi connectivity index (χ0) is 22.1. The van der Waals surface area contributed by atoms with E-state index in [1.165, 1.54) is 0 Å². The third-order valence-corrected chi connectivity index (χ3v) is 6.92. The first-order chi connectivity index (χ1) is 15.7. The molecule has 162 valence electrons. The Morgan fingerprint density at radius 2 is 1.91 bits per heavy atom. The van der Waals surface area contributed by atoms with Gasteiger partial charge < -0.3 is 10.1 Å². The number of nitrogens with zero attached hydrogens (tertiary/aromatic N) is 1. The lowest BCUT2D eigenvalue weighted by molar-refractivity contribution is -0.118. The normalized spacial score (nSPS) is 17.8. The molecule has 1 aromatic heterocycles. The van der Waals surface area contributed by atoms with E-state index in [-0.39, 0.29) is 18.1 Å². The van der Waals surface area contributed by atoms with Crippen LogP contribution in [0, 0.1) is 0 Å². The van der Waals surface area contributed by atoms with Gasteiger partial charge >= 0.3 is 0 Å². The van der Waals surface area contributed by atoms with Crippen molar-refractivity contribution in [2.24, 2.45) is 0 Å². The molecule has 0 saturated heterocycles. The Morgan fingerprint density at radius 3 is 2.72 bits per heavy atom. The Balaban J connectivity index is 1.75. The summed E-state index contributed by atoms with van der Waals surface area (Å²) in [6, 6.07) is 18.8. The molecule has 1 N–H and O–H groups in total. The number of fused-ring (bicyclic) bond motifs is 1. The molecule has 2 heterocycles. The van der Waals surface area contributed by atoms with Gasteiger partial charge in [-0.1, -0.05) is 36.4 Å². The number of ether oxygens (including phenoxy) is 1. The molecule has 1 unspecified atom stereocenters. The number of ketones is 1. The van der Waals surface area contributed by atoms with Gasteiger partial charge in [0.15, 0.2) is 5.78 Å². The van der Waals surface area contributed by atoms with E-state index in [2.05, 4.69) is 5.32 Å². The Hall–Kier alpha value is -3.38. The molecule has 2 aromatic carbocycles. The van der Waals surface area contributed by atoms with Crippen molar-refractivity contribution in [3.8, 4) is 5.75 Å². The third-order valence-electron chi connectivity index (χ3n) is 6.04. The van der Waals surface area contributed by atoms with Crippen LogP contribution in [0.4, 0.5) is 11.4 Å². The number of Topliss-reactive ketones (excluding diaryl/α,β-unsaturated/α-hetero) is 1. The van der Waals surface area contributed by atoms with Gasteiger partial charge in [-0.3, -0.25) is 14.5 Å². The standard InChI is InChI=1S/C26H24N2O3S/c1-31-23-14-5-2-9-18(23)26-25-20(11-6-13-22(25)29)27-19-10-3-4-12-21(19)28(26)24(30)16-17-8-7-15-32-17/h2-5,7-10,12,14-15,26-27H,6,11,13,16H2,1H3. The summed E-state index contributed by atoms with van der Waals surface area (Å²) < 4.78 is 5.69. The first-order valence-corrected chi connectivity index (χ1v) is 11.6. The molecular formula is C26H24N2O3S. The molecule has 1 aliphatic heterocycles. The number of methoxy groups -OCH3 is 1. The number of rotatable bonds is 4. The number of carbonyl (C=O) groups excluding carboxylic acids is 2. The van der Waals surface area contributed by atoms with Crippen LogP contribution in [-0.4, -0.2) is 18.8 Å². The van der Waals surface area contributed by atoms with Crippen molar-refractivity contribution < 1.29 is 14.3 Å². The molecular weight excluding hydrogens is 420 g/mol. The van der Waals surface area contributed by atoms with E-state index in [0.29, 0.717) is 17.7 Å². The van der Waals surface area contributed by atoms with E-state index >= 15 is 0 Å². The van der Waals surface area contributed by atoms with Crippen LogP contribution in [0.5, 0.6) is 5.75 Å². The molecule has 0 bridgehead atoms. The van der Waals surface area contributed by atoms with Gasteiger partial charge in [0.05, 0.1) is 30.9 Å². The number of anilines is 2. The summed E-state index contributed by atoms with van der Waals surface area (Å²) in [7, 11) is 1.62. The van der Waals surface area contributed by atoms with Gasteiger partial charge in [0.25, 0.3) is 0 Å². The van der Waals surface area contributed by atoms with Crippen molar-refractivity contribution >= 4 is 34.4 Å². The maximum Gasteiger partial charge on any atom is 0.233 e. The monoisotopic (exact) mass is 444 g/mol. The number of hydrogen-bond acceptors (Lipinski definition) is 5. The fraction of sp³-hybridized carbons (Fsp3) is 0.231. The highest BCUT2D eigenvalue weighted by atomic mass is 32.1. The van der Waals surface area contributed by atoms with Crippen LogP contribution in [0.15, 0.2) is 77.3 Å². The fourth-order valence-corrected chi connectivity index (χ4v) is 5.34. The summed E-state index contributed by atoms with van der Waals surface area (Å²) in [4.78, 5) is 30.0. The van der Waals surface area contributed by atoms with E-state index in [0.717, 1.165) is 40.4 Å². The lowest BCUT2D eigenvalue weighted by Gasteiger charge is -2.34. The molecule has 6 heteroatoms. The zero-order valence-corrected chi connectivity index (χ0v) is 18.7. The van der Waals surface area contributed by atoms with E-state index in [9.17, 15) is 9.59 Å². The minimum absolute atomic E-state index is 0.0512. The van der Waals surface area contributed by atoms with Crippen molar-refractivity contribution in [3.63, 3.8) is 0 Å². The van der Waals surface area contributed by atoms with Crippen LogP contribution in [-0.2, 0) is 16.0 Å². The summed E-state index contributed by atoms with van der Waals surface area (Å²) >= 11 is 1.56. The highest BCUT2D eigenvalue weighted by Crippen LogP contribution is 2.46. The van der Waals surface area contributed by atoms with Gasteiger partial charge in [-0.25, -0.2) is 0 Å². The summed E-state index contributed by atoms with van der Waals surface area (Å²) in [6.07, 6.45) is 2.33. The van der Waals surface area contributed by atoms with Crippen LogP contribution in [0.3, 0.4) is 0 Å². The number of hydrogen-bond donors (Lipinski definition) is 1. The lowest BCUT2D eigenvalue weighted by atomic mass is 9.85. The third kappa shape index (κ3) is 3.60. The summed E-state index contributed by atoms with van der Waals surface area (Å²) in [5.74, 6) is 0.692. The van der Waals surface area contributed by atoms with Crippen molar-refractivity contribution in [1.82, 2.24) is 0 Å². The van der Waals surface area contributed by atoms with Crippen LogP contribution >= 0.6 is 11.3 Å². The first-order valence-electron chi connectivity index (χ1n) is 10.8. The average molecular weight is 445 g/mol. The highest BCUT2D eigenvalue weighted by molar-refractivity contribution is 7.10. The van der Waals surface area contributed by atoms with Gasteiger partial charge in [0.1, 0.15) is 5.75 Å². The number of nitrogens with one attached hydrogen (secondary N) is 1. The van der Waals surface area contributed by atoms with Crippen molar-refractivity contribution in [3.05, 3.63) is 87.8 Å². The summed E-state index contributed by atoms with van der Waals surface area (Å²) in [5.41, 5.74) is 3.99. The summed E-state index contributed by atoms with van der Waals surface area (Å²) in [6.45, 7) is 0. The molecule has 0 saturated carbocycles. The predicted molar refractivity (Wildman–Crippen MR) is 127 cm³/mol. The van der Waals surface area contributed by atoms with Gasteiger partial charge in [-0.15, -0.1) is 11.3 Å². The van der Waals surface area contributed by atoms with Crippen LogP contribution < -0.4 is 15.0 Å². The Kier molecular flexibility index (Phi) is 5.53. The second kappa shape index (κ2) is 8.63. The number of carbonyl (C=O) groups is 2. The predicted octanol–water partition coefficient (Wildman–Crippen LogP) is 5.51. The molecule has 0 spiro atoms. The molecule has 1 aliphatic carbocycles. The second-order valence-corrected chi connectivity index (χ2v) is 9.01. The molecule has 0 fully saturated rings. The number of benzene rings is 2. The van der Waals surface area contributed by atoms with Crippen LogP contribution in [0.25, 0.3) is 0 Å². The average Bonchev–Trinajstić information content (AvgIpc) is 3.26. The first kappa shape index (κ1) is 20.5. The highest BCUT2D eigenvalue weighted by Gasteiger charge is 2.40. The van der Waals surface area contributed by atoms with Crippen LogP contribution in [0.2, 0.25) is 0 Å². The fourth-order valence-electron chi connectivity index (χ4n) is 4.64. The van der Waals surface area contributed by atoms with Crippen molar-refractivity contribution in [1.29, 1.82) is 0 Å². The zero-order valence-electron chi connectivity index (χ0n) is 17.8. The molecule has 32 heavy (non-hydrogen) atoms. The van der Waals surface area contributed by atoms with E-state index in [1.807, 2.05) is 66.0 Å². The lowest BCUT2D eigenvalue weighted by Crippen LogP contribution is -2.39. The Morgan fingerprint density at radius 1 is 1.09 bits per heavy atom. The minimum atomic E-state index is -0.558. The SMILES string of the molecule is COc1ccccc1C1C2=C(CCCC2=O)Nc2ccccc2N1C(=O)Cc1cccs1. The molecule has 0 radical (unpaired) electrons. The molecule has 5 rings (SSSR count). The van der Waals surface area contributed by atoms with Crippen molar-refractivity contribution in [2.45, 2.75) is 31.7 Å². The number of para-hydroxylation sites is 3. The van der Waals surface area contributed by atoms with Gasteiger partial charge in [0.2, 0.25) is 5.91 Å². The molecule has 1 amide bonds. The van der Waals surface area contributed by atoms with Crippen LogP contribution in [0.1, 0.15) is 35.7 Å². The number of amides is 1. The number of thiophene rings is 1. The van der Waals surface area contributed by atoms with Gasteiger partial charge in [-0.2, -0.15) is 0 Å². The van der Waals surface area contributed by atoms with E-state index in [4.69, 9.17) is 4.74 Å². The maximum absolute atomic E-state index is 13.9. The Labute approximate surface area is 191 Å². The quantitative estimate of drug-likeness (QED) is 0.577. The second-order valence-electron chi connectivity index (χ2n) is 7.98. The minimum Gasteiger partial charge on any atom is -0.496 e. The smallest absolute Gasteiger partial charge is 0.233 e. The largest absolute Gasteiger partial charge is 0.496 e. The maximum atomic E-state index is 13.9. The van der Waals surface area contributed by atoms with Gasteiger partial charge in [0, 0.05) is 28.1 Å². The van der Waals surface area contributed by atoms with Crippen molar-refractivity contribution in [2.75, 3.05) is 17.3 Å².